The predicted octanol–water partition coefficient (Wildman–Crippen LogP) is 4.25. The van der Waals surface area contributed by atoms with E-state index < -0.39 is 12.0 Å². The average molecular weight is 593 g/mol. The van der Waals surface area contributed by atoms with Crippen LogP contribution in [0.25, 0.3) is 22.8 Å². The fourth-order valence-electron chi connectivity index (χ4n) is 5.58. The monoisotopic (exact) mass is 592 g/mol. The maximum Gasteiger partial charge on any atom is 0.338 e. The molecule has 9 heteroatoms. The highest BCUT2D eigenvalue weighted by Gasteiger charge is 2.35. The Labute approximate surface area is 252 Å². The van der Waals surface area contributed by atoms with Crippen LogP contribution in [0.5, 0.6) is 0 Å². The quantitative estimate of drug-likeness (QED) is 0.276. The van der Waals surface area contributed by atoms with Crippen LogP contribution in [0.1, 0.15) is 55.0 Å². The molecule has 8 nitrogen and oxygen atoms in total. The molecule has 1 atom stereocenters. The Kier molecular flexibility index (Phi) is 7.35. The van der Waals surface area contributed by atoms with E-state index in [0.29, 0.717) is 26.5 Å². The molecule has 3 heterocycles. The lowest BCUT2D eigenvalue weighted by atomic mass is 9.91. The van der Waals surface area contributed by atoms with Crippen molar-refractivity contribution in [2.45, 2.75) is 32.7 Å². The van der Waals surface area contributed by atoms with Gasteiger partial charge < -0.3 is 4.74 Å². The average Bonchev–Trinajstić information content (AvgIpc) is 3.44. The molecule has 0 spiro atoms. The minimum atomic E-state index is -0.730. The first-order valence-electron chi connectivity index (χ1n) is 14.2. The Morgan fingerprint density at radius 1 is 0.977 bits per heavy atom. The maximum atomic E-state index is 14.2. The lowest BCUT2D eigenvalue weighted by Gasteiger charge is -2.26. The summed E-state index contributed by atoms with van der Waals surface area (Å²) in [6.45, 7) is 6.21. The van der Waals surface area contributed by atoms with E-state index in [4.69, 9.17) is 9.73 Å². The molecule has 3 aromatic carbocycles. The van der Waals surface area contributed by atoms with E-state index in [0.717, 1.165) is 33.3 Å². The molecule has 0 amide bonds. The van der Waals surface area contributed by atoms with Crippen molar-refractivity contribution in [3.05, 3.63) is 131 Å². The molecule has 43 heavy (non-hydrogen) atoms. The third-order valence-electron chi connectivity index (χ3n) is 7.89. The van der Waals surface area contributed by atoms with Crippen LogP contribution in [0, 0.1) is 0 Å². The first-order valence-corrected chi connectivity index (χ1v) is 15.0. The van der Waals surface area contributed by atoms with Gasteiger partial charge in [0, 0.05) is 19.7 Å². The van der Waals surface area contributed by atoms with Gasteiger partial charge in [0.25, 0.3) is 5.56 Å². The van der Waals surface area contributed by atoms with Crippen molar-refractivity contribution in [1.29, 1.82) is 0 Å². The van der Waals surface area contributed by atoms with E-state index in [9.17, 15) is 14.4 Å². The van der Waals surface area contributed by atoms with E-state index in [1.165, 1.54) is 11.3 Å². The molecule has 6 rings (SSSR count). The van der Waals surface area contributed by atoms with Gasteiger partial charge in [-0.1, -0.05) is 85.8 Å². The van der Waals surface area contributed by atoms with Gasteiger partial charge in [0.05, 0.1) is 39.5 Å². The fraction of sp³-hybridized carbons (Fsp3) is 0.235. The zero-order valence-corrected chi connectivity index (χ0v) is 25.5. The SMILES string of the molecule is CCOC(=O)C1=C(c2ccccc2)N=c2s/c(=C/c3ccc4c(c3)n(C)c(=O)n4C)c(=O)n2[C@@H]1c1ccc(C(C)C)cc1. The molecule has 0 radical (unpaired) electrons. The Bertz CT molecular complexity index is 2150. The smallest absolute Gasteiger partial charge is 0.338 e. The molecule has 0 aliphatic carbocycles. The van der Waals surface area contributed by atoms with Gasteiger partial charge in [-0.05, 0) is 47.7 Å². The summed E-state index contributed by atoms with van der Waals surface area (Å²) < 4.78 is 10.8. The number of esters is 1. The number of carbonyl (C=O) groups is 1. The number of fused-ring (bicyclic) bond motifs is 2. The summed E-state index contributed by atoms with van der Waals surface area (Å²) in [6, 6.07) is 22.5. The number of aryl methyl sites for hydroxylation is 2. The van der Waals surface area contributed by atoms with E-state index in [2.05, 4.69) is 13.8 Å². The predicted molar refractivity (Wildman–Crippen MR) is 170 cm³/mol. The number of aromatic nitrogens is 3. The number of nitrogens with zero attached hydrogens (tertiary/aromatic N) is 4. The van der Waals surface area contributed by atoms with Crippen LogP contribution in [-0.2, 0) is 23.6 Å². The highest BCUT2D eigenvalue weighted by molar-refractivity contribution is 7.07. The van der Waals surface area contributed by atoms with Crippen LogP contribution in [-0.4, -0.2) is 26.3 Å². The Hall–Kier alpha value is -4.76. The van der Waals surface area contributed by atoms with Gasteiger partial charge in [-0.25, -0.2) is 14.6 Å². The zero-order valence-electron chi connectivity index (χ0n) is 24.7. The standard InChI is InChI=1S/C34H32N4O4S/c1-6-42-32(40)28-29(23-10-8-7-9-11-23)35-33-38(30(28)24-15-13-22(14-16-24)20(2)3)31(39)27(43-33)19-21-12-17-25-26(18-21)37(5)34(41)36(25)4/h7-20,30H,6H2,1-5H3/b27-19+/t30-/m1/s1. The minimum Gasteiger partial charge on any atom is -0.463 e. The molecule has 0 bridgehead atoms. The topological polar surface area (TPSA) is 87.6 Å². The van der Waals surface area contributed by atoms with Crippen molar-refractivity contribution in [3.63, 3.8) is 0 Å². The number of ether oxygens (including phenoxy) is 1. The summed E-state index contributed by atoms with van der Waals surface area (Å²) in [4.78, 5) is 45.7. The van der Waals surface area contributed by atoms with Crippen LogP contribution in [0.4, 0.5) is 0 Å². The normalized spacial score (nSPS) is 15.2. The summed E-state index contributed by atoms with van der Waals surface area (Å²) in [6.07, 6.45) is 1.82. The lowest BCUT2D eigenvalue weighted by Crippen LogP contribution is -2.40. The molecule has 0 N–H and O–H groups in total. The van der Waals surface area contributed by atoms with Gasteiger partial charge in [0.15, 0.2) is 4.80 Å². The van der Waals surface area contributed by atoms with E-state index in [1.807, 2.05) is 78.9 Å². The van der Waals surface area contributed by atoms with Crippen molar-refractivity contribution < 1.29 is 9.53 Å². The van der Waals surface area contributed by atoms with Crippen molar-refractivity contribution >= 4 is 40.1 Å². The summed E-state index contributed by atoms with van der Waals surface area (Å²) in [5, 5.41) is 0. The molecule has 2 aromatic heterocycles. The second-order valence-corrected chi connectivity index (χ2v) is 11.9. The Balaban J connectivity index is 1.62. The highest BCUT2D eigenvalue weighted by Crippen LogP contribution is 2.35. The van der Waals surface area contributed by atoms with Gasteiger partial charge in [-0.15, -0.1) is 0 Å². The van der Waals surface area contributed by atoms with Crippen LogP contribution in [0.15, 0.2) is 93.0 Å². The molecule has 0 fully saturated rings. The molecular weight excluding hydrogens is 560 g/mol. The summed E-state index contributed by atoms with van der Waals surface area (Å²) in [5.74, 6) is -0.176. The van der Waals surface area contributed by atoms with Gasteiger partial charge in [0.1, 0.15) is 0 Å². The van der Waals surface area contributed by atoms with Crippen LogP contribution < -0.4 is 20.6 Å². The highest BCUT2D eigenvalue weighted by atomic mass is 32.1. The van der Waals surface area contributed by atoms with Gasteiger partial charge in [0.2, 0.25) is 0 Å². The van der Waals surface area contributed by atoms with Crippen LogP contribution in [0.3, 0.4) is 0 Å². The van der Waals surface area contributed by atoms with Crippen LogP contribution in [0.2, 0.25) is 0 Å². The number of thiazole rings is 1. The lowest BCUT2D eigenvalue weighted by molar-refractivity contribution is -0.138. The molecule has 0 saturated carbocycles. The molecule has 0 unspecified atom stereocenters. The molecule has 0 saturated heterocycles. The Morgan fingerprint density at radius 3 is 2.35 bits per heavy atom. The molecular formula is C34H32N4O4S. The number of benzene rings is 3. The largest absolute Gasteiger partial charge is 0.463 e. The van der Waals surface area contributed by atoms with Gasteiger partial charge in [-0.2, -0.15) is 0 Å². The fourth-order valence-corrected chi connectivity index (χ4v) is 6.58. The van der Waals surface area contributed by atoms with E-state index in [1.54, 1.807) is 34.7 Å². The van der Waals surface area contributed by atoms with E-state index >= 15 is 0 Å². The summed E-state index contributed by atoms with van der Waals surface area (Å²) in [7, 11) is 3.47. The van der Waals surface area contributed by atoms with Gasteiger partial charge in [-0.3, -0.25) is 18.5 Å². The van der Waals surface area contributed by atoms with Crippen molar-refractivity contribution in [3.8, 4) is 0 Å². The minimum absolute atomic E-state index is 0.116. The number of hydrogen-bond acceptors (Lipinski definition) is 6. The first kappa shape index (κ1) is 28.4. The Morgan fingerprint density at radius 2 is 1.67 bits per heavy atom. The second kappa shape index (κ2) is 11.1. The molecule has 1 aliphatic rings. The maximum absolute atomic E-state index is 14.2. The van der Waals surface area contributed by atoms with Crippen molar-refractivity contribution in [2.24, 2.45) is 19.1 Å². The number of hydrogen-bond donors (Lipinski definition) is 0. The molecule has 5 aromatic rings. The second-order valence-electron chi connectivity index (χ2n) is 10.9. The molecule has 218 valence electrons. The number of rotatable bonds is 6. The zero-order chi connectivity index (χ0) is 30.4. The number of imidazole rings is 1. The van der Waals surface area contributed by atoms with Crippen molar-refractivity contribution in [2.75, 3.05) is 6.61 Å². The summed E-state index contributed by atoms with van der Waals surface area (Å²) in [5.41, 5.74) is 5.53. The number of carbonyl (C=O) groups excluding carboxylic acids is 1. The van der Waals surface area contributed by atoms with E-state index in [-0.39, 0.29) is 17.9 Å². The summed E-state index contributed by atoms with van der Waals surface area (Å²) >= 11 is 1.27. The third kappa shape index (κ3) is 4.89. The van der Waals surface area contributed by atoms with Crippen LogP contribution >= 0.6 is 11.3 Å². The third-order valence-corrected chi connectivity index (χ3v) is 8.87. The molecule has 1 aliphatic heterocycles. The van der Waals surface area contributed by atoms with Crippen molar-refractivity contribution in [1.82, 2.24) is 13.7 Å². The first-order chi connectivity index (χ1) is 20.7. The van der Waals surface area contributed by atoms with Gasteiger partial charge >= 0.3 is 11.7 Å².